The van der Waals surface area contributed by atoms with E-state index >= 15 is 0 Å². The van der Waals surface area contributed by atoms with Gasteiger partial charge in [0.1, 0.15) is 5.82 Å². The first kappa shape index (κ1) is 10.9. The van der Waals surface area contributed by atoms with Crippen LogP contribution in [0.5, 0.6) is 0 Å². The Kier molecular flexibility index (Phi) is 3.83. The van der Waals surface area contributed by atoms with Crippen molar-refractivity contribution in [3.63, 3.8) is 0 Å². The average Bonchev–Trinajstić information content (AvgIpc) is 2.15. The van der Waals surface area contributed by atoms with Gasteiger partial charge in [-0.2, -0.15) is 0 Å². The van der Waals surface area contributed by atoms with Gasteiger partial charge in [-0.1, -0.05) is 28.1 Å². The van der Waals surface area contributed by atoms with Gasteiger partial charge in [0.2, 0.25) is 0 Å². The number of rotatable bonds is 3. The summed E-state index contributed by atoms with van der Waals surface area (Å²) in [5.41, 5.74) is 1.36. The Morgan fingerprint density at radius 3 is 2.86 bits per heavy atom. The third-order valence-electron chi connectivity index (χ3n) is 1.65. The van der Waals surface area contributed by atoms with Crippen LogP contribution in [0.15, 0.2) is 24.3 Å². The fourth-order valence-electron chi connectivity index (χ4n) is 1.00. The lowest BCUT2D eigenvalue weighted by molar-refractivity contribution is -0.297. The van der Waals surface area contributed by atoms with Gasteiger partial charge in [-0.3, -0.25) is 0 Å². The van der Waals surface area contributed by atoms with E-state index in [4.69, 9.17) is 0 Å². The minimum atomic E-state index is -1.30. The molecule has 0 unspecified atom stereocenters. The molecule has 74 valence electrons. The van der Waals surface area contributed by atoms with E-state index in [9.17, 15) is 14.3 Å². The van der Waals surface area contributed by atoms with Gasteiger partial charge in [0, 0.05) is 5.33 Å². The van der Waals surface area contributed by atoms with E-state index < -0.39 is 11.8 Å². The summed E-state index contributed by atoms with van der Waals surface area (Å²) in [7, 11) is 0. The average molecular weight is 258 g/mol. The van der Waals surface area contributed by atoms with Crippen molar-refractivity contribution in [1.82, 2.24) is 0 Å². The first-order valence-corrected chi connectivity index (χ1v) is 4.99. The van der Waals surface area contributed by atoms with Crippen molar-refractivity contribution in [3.05, 3.63) is 41.2 Å². The summed E-state index contributed by atoms with van der Waals surface area (Å²) in [5, 5.41) is 10.7. The van der Waals surface area contributed by atoms with Crippen LogP contribution in [-0.2, 0) is 10.1 Å². The topological polar surface area (TPSA) is 40.1 Å². The zero-order valence-electron chi connectivity index (χ0n) is 7.17. The standard InChI is InChI=1S/C10H8BrFO2/c11-6-8-1-3-9(12)5-7(8)2-4-10(13)14/h1-5H,6H2,(H,13,14)/p-1/b4-2+. The van der Waals surface area contributed by atoms with Gasteiger partial charge in [-0.05, 0) is 29.3 Å². The predicted octanol–water partition coefficient (Wildman–Crippen LogP) is 1.48. The summed E-state index contributed by atoms with van der Waals surface area (Å²) in [5.74, 6) is -1.69. The summed E-state index contributed by atoms with van der Waals surface area (Å²) in [6, 6.07) is 4.20. The zero-order valence-corrected chi connectivity index (χ0v) is 8.75. The Hall–Kier alpha value is -1.16. The van der Waals surface area contributed by atoms with Crippen molar-refractivity contribution in [2.75, 3.05) is 0 Å². The van der Waals surface area contributed by atoms with E-state index in [2.05, 4.69) is 15.9 Å². The maximum Gasteiger partial charge on any atom is 0.123 e. The molecule has 0 amide bonds. The highest BCUT2D eigenvalue weighted by Gasteiger charge is 1.99. The number of carboxylic acids is 1. The SMILES string of the molecule is O=C([O-])/C=C/c1cc(F)ccc1CBr. The van der Waals surface area contributed by atoms with Crippen LogP contribution in [-0.4, -0.2) is 5.97 Å². The molecule has 1 aromatic rings. The molecule has 1 aromatic carbocycles. The van der Waals surface area contributed by atoms with E-state index in [1.54, 1.807) is 6.07 Å². The van der Waals surface area contributed by atoms with Gasteiger partial charge < -0.3 is 9.90 Å². The van der Waals surface area contributed by atoms with Gasteiger partial charge in [-0.25, -0.2) is 4.39 Å². The molecule has 1 rings (SSSR count). The van der Waals surface area contributed by atoms with Crippen molar-refractivity contribution in [1.29, 1.82) is 0 Å². The monoisotopic (exact) mass is 257 g/mol. The van der Waals surface area contributed by atoms with Crippen LogP contribution < -0.4 is 5.11 Å². The zero-order chi connectivity index (χ0) is 10.6. The van der Waals surface area contributed by atoms with Crippen LogP contribution >= 0.6 is 15.9 Å². The number of alkyl halides is 1. The van der Waals surface area contributed by atoms with E-state index in [0.29, 0.717) is 10.9 Å². The largest absolute Gasteiger partial charge is 0.545 e. The number of carbonyl (C=O) groups excluding carboxylic acids is 1. The molecule has 0 spiro atoms. The van der Waals surface area contributed by atoms with Crippen molar-refractivity contribution in [2.24, 2.45) is 0 Å². The van der Waals surface area contributed by atoms with E-state index in [0.717, 1.165) is 11.6 Å². The highest BCUT2D eigenvalue weighted by molar-refractivity contribution is 9.08. The molecule has 0 aromatic heterocycles. The quantitative estimate of drug-likeness (QED) is 0.608. The molecule has 14 heavy (non-hydrogen) atoms. The lowest BCUT2D eigenvalue weighted by atomic mass is 10.1. The second-order valence-corrected chi connectivity index (χ2v) is 3.19. The summed E-state index contributed by atoms with van der Waals surface area (Å²) < 4.78 is 12.8. The third-order valence-corrected chi connectivity index (χ3v) is 2.25. The Morgan fingerprint density at radius 2 is 2.29 bits per heavy atom. The minimum absolute atomic E-state index is 0.396. The molecular formula is C10H7BrFO2-. The molecule has 0 saturated heterocycles. The lowest BCUT2D eigenvalue weighted by Gasteiger charge is -2.02. The number of aliphatic carboxylic acids is 1. The molecule has 0 fully saturated rings. The third kappa shape index (κ3) is 2.96. The van der Waals surface area contributed by atoms with E-state index in [1.807, 2.05) is 0 Å². The summed E-state index contributed by atoms with van der Waals surface area (Å²) >= 11 is 3.22. The Labute approximate surface area is 89.2 Å². The summed E-state index contributed by atoms with van der Waals surface area (Å²) in [6.07, 6.45) is 2.19. The van der Waals surface area contributed by atoms with Crippen molar-refractivity contribution in [2.45, 2.75) is 5.33 Å². The highest BCUT2D eigenvalue weighted by atomic mass is 79.9. The molecule has 0 atom stereocenters. The van der Waals surface area contributed by atoms with Crippen molar-refractivity contribution >= 4 is 28.0 Å². The minimum Gasteiger partial charge on any atom is -0.545 e. The first-order valence-electron chi connectivity index (χ1n) is 3.87. The van der Waals surface area contributed by atoms with Gasteiger partial charge in [0.15, 0.2) is 0 Å². The van der Waals surface area contributed by atoms with Crippen LogP contribution in [0.1, 0.15) is 11.1 Å². The molecule has 0 saturated carbocycles. The molecule has 0 aliphatic rings. The number of carboxylic acid groups (broad SMARTS) is 1. The van der Waals surface area contributed by atoms with Gasteiger partial charge in [-0.15, -0.1) is 0 Å². The normalized spacial score (nSPS) is 10.7. The molecule has 0 heterocycles. The number of halogens is 2. The predicted molar refractivity (Wildman–Crippen MR) is 53.1 cm³/mol. The maximum atomic E-state index is 12.8. The van der Waals surface area contributed by atoms with Crippen molar-refractivity contribution in [3.8, 4) is 0 Å². The molecule has 0 radical (unpaired) electrons. The Balaban J connectivity index is 3.04. The fraction of sp³-hybridized carbons (Fsp3) is 0.100. The number of carbonyl (C=O) groups is 1. The van der Waals surface area contributed by atoms with E-state index in [1.165, 1.54) is 18.2 Å². The molecule has 4 heteroatoms. The summed E-state index contributed by atoms with van der Waals surface area (Å²) in [4.78, 5) is 10.2. The molecule has 0 aliphatic heterocycles. The molecule has 0 N–H and O–H groups in total. The molecular weight excluding hydrogens is 251 g/mol. The van der Waals surface area contributed by atoms with Crippen LogP contribution in [0.25, 0.3) is 6.08 Å². The lowest BCUT2D eigenvalue weighted by Crippen LogP contribution is -2.18. The Bertz CT molecular complexity index is 374. The number of hydrogen-bond donors (Lipinski definition) is 0. The van der Waals surface area contributed by atoms with Crippen molar-refractivity contribution < 1.29 is 14.3 Å². The van der Waals surface area contributed by atoms with Crippen LogP contribution in [0.4, 0.5) is 4.39 Å². The van der Waals surface area contributed by atoms with Gasteiger partial charge >= 0.3 is 0 Å². The second kappa shape index (κ2) is 4.91. The fourth-order valence-corrected chi connectivity index (χ4v) is 1.51. The molecule has 0 bridgehead atoms. The molecule has 2 nitrogen and oxygen atoms in total. The van der Waals surface area contributed by atoms with Crippen LogP contribution in [0.2, 0.25) is 0 Å². The summed E-state index contributed by atoms with van der Waals surface area (Å²) in [6.45, 7) is 0. The maximum absolute atomic E-state index is 12.8. The Morgan fingerprint density at radius 1 is 1.57 bits per heavy atom. The smallest absolute Gasteiger partial charge is 0.123 e. The molecule has 0 aliphatic carbocycles. The van der Waals surface area contributed by atoms with Gasteiger partial charge in [0.25, 0.3) is 0 Å². The van der Waals surface area contributed by atoms with Crippen LogP contribution in [0.3, 0.4) is 0 Å². The van der Waals surface area contributed by atoms with E-state index in [-0.39, 0.29) is 0 Å². The van der Waals surface area contributed by atoms with Gasteiger partial charge in [0.05, 0.1) is 5.97 Å². The van der Waals surface area contributed by atoms with Crippen LogP contribution in [0, 0.1) is 5.82 Å². The second-order valence-electron chi connectivity index (χ2n) is 2.63. The highest BCUT2D eigenvalue weighted by Crippen LogP contribution is 2.15. The first-order chi connectivity index (χ1) is 6.63. The number of benzene rings is 1. The number of hydrogen-bond acceptors (Lipinski definition) is 2.